The van der Waals surface area contributed by atoms with Crippen molar-refractivity contribution in [2.75, 3.05) is 0 Å². The first kappa shape index (κ1) is 94.0. The van der Waals surface area contributed by atoms with Crippen LogP contribution in [0, 0.1) is 107 Å². The molecule has 114 heavy (non-hydrogen) atoms. The monoisotopic (exact) mass is 1610 g/mol. The molecule has 2 aliphatic heterocycles. The molecule has 17 fully saturated rings. The molecule has 17 rings (SSSR count). The van der Waals surface area contributed by atoms with Crippen LogP contribution in [-0.4, -0.2) is 148 Å². The van der Waals surface area contributed by atoms with Gasteiger partial charge in [0.2, 0.25) is 6.10 Å². The van der Waals surface area contributed by atoms with Crippen LogP contribution in [0.3, 0.4) is 0 Å². The zero-order chi connectivity index (χ0) is 86.0. The van der Waals surface area contributed by atoms with Crippen molar-refractivity contribution in [2.24, 2.45) is 96.1 Å². The number of esters is 7. The molecule has 17 aliphatic rings. The molecule has 0 amide bonds. The molecule has 0 aromatic heterocycles. The molecule has 23 nitrogen and oxygen atoms in total. The summed E-state index contributed by atoms with van der Waals surface area (Å²) in [5.41, 5.74) is -9.22. The number of aliphatic hydroxyl groups is 4. The Morgan fingerprint density at radius 2 is 0.798 bits per heavy atom. The molecular weight excluding hydrogens is 1460 g/mol. The maximum Gasteiger partial charge on any atom is 0.348 e. The van der Waals surface area contributed by atoms with Gasteiger partial charge in [0.05, 0.1) is 66.4 Å². The van der Waals surface area contributed by atoms with Crippen LogP contribution < -0.4 is 0 Å². The van der Waals surface area contributed by atoms with Crippen LogP contribution >= 0.6 is 0 Å². The fourth-order valence-electron chi connectivity index (χ4n) is 21.6. The summed E-state index contributed by atoms with van der Waals surface area (Å²) in [6, 6.07) is 2.15. The Labute approximate surface area is 680 Å². The number of ether oxygens (including phenoxy) is 7. The number of carboxylic acid groups (broad SMARTS) is 2. The normalized spacial score (nSPS) is 37.1. The van der Waals surface area contributed by atoms with Crippen LogP contribution in [0.1, 0.15) is 352 Å². The van der Waals surface area contributed by atoms with Crippen LogP contribution in [0.2, 0.25) is 0 Å². The number of nitrogens with zero attached hydrogens (tertiary/aromatic N) is 1. The van der Waals surface area contributed by atoms with Gasteiger partial charge in [-0.05, 0) is 294 Å². The number of carbonyl (C=O) groups excluding carboxylic acids is 7. The Kier molecular flexibility index (Phi) is 27.5. The molecule has 12 atom stereocenters. The lowest BCUT2D eigenvalue weighted by atomic mass is 9.46. The highest BCUT2D eigenvalue weighted by Gasteiger charge is 2.73. The SMILES string of the molecule is CCC(C)(C)C(=O)O.CCC(C)(C)C(=O)O.CCC(C)(C)C(=O)OC(C)(C)C12CC3CC(CC(C3)C1)C2.CCC(C)(C)C(=O)OC12CC3CC(O)(CC(O)(C3)C1)C2.CCC(C)(C)C(=O)OC12CC3CC(O)(CC(O)(C3)C1)C2.CCC(C)(C)C(=O)OC1C2CC3C1OC(=O)C3(C#N)C2.CCC(C)(C)C(=O)O[C@@H]1C(=O)O[C@@H]2CCC[C@H]12. The average Bonchev–Trinajstić information content (AvgIpc) is 1.14. The third-order valence-electron chi connectivity index (χ3n) is 30.9. The quantitative estimate of drug-likeness (QED) is 0.0487. The van der Waals surface area contributed by atoms with Gasteiger partial charge < -0.3 is 63.8 Å². The van der Waals surface area contributed by atoms with Crippen LogP contribution in [0.15, 0.2) is 0 Å². The Balaban J connectivity index is 0.000000170. The van der Waals surface area contributed by atoms with E-state index in [1.54, 1.807) is 27.7 Å². The van der Waals surface area contributed by atoms with E-state index in [1.165, 1.54) is 38.5 Å². The molecule has 23 heteroatoms. The van der Waals surface area contributed by atoms with Crippen molar-refractivity contribution >= 4 is 53.7 Å². The third-order valence-corrected chi connectivity index (χ3v) is 30.9. The number of carbonyl (C=O) groups is 9. The number of rotatable bonds is 20. The smallest absolute Gasteiger partial charge is 0.348 e. The lowest BCUT2D eigenvalue weighted by Gasteiger charge is -2.62. The second-order valence-corrected chi connectivity index (χ2v) is 43.5. The van der Waals surface area contributed by atoms with Crippen molar-refractivity contribution in [2.45, 2.75) is 415 Å². The van der Waals surface area contributed by atoms with Gasteiger partial charge in [-0.3, -0.25) is 38.4 Å². The van der Waals surface area contributed by atoms with Crippen LogP contribution in [0.5, 0.6) is 0 Å². The first-order valence-corrected chi connectivity index (χ1v) is 43.5. The van der Waals surface area contributed by atoms with E-state index in [9.17, 15) is 68.8 Å². The third kappa shape index (κ3) is 19.9. The lowest BCUT2D eigenvalue weighted by molar-refractivity contribution is -0.265. The highest BCUT2D eigenvalue weighted by Crippen LogP contribution is 2.67. The Hall–Kier alpha value is -5.44. The molecule has 648 valence electrons. The zero-order valence-electron chi connectivity index (χ0n) is 73.8. The molecule has 15 saturated carbocycles. The molecule has 9 unspecified atom stereocenters. The van der Waals surface area contributed by atoms with Crippen LogP contribution in [-0.2, 0) is 76.3 Å². The van der Waals surface area contributed by atoms with Gasteiger partial charge >= 0.3 is 53.7 Å². The maximum absolute atomic E-state index is 12.6. The molecule has 0 aromatic rings. The minimum absolute atomic E-state index is 0.00857. The van der Waals surface area contributed by atoms with Gasteiger partial charge in [0.25, 0.3) is 0 Å². The fourth-order valence-corrected chi connectivity index (χ4v) is 21.6. The standard InChI is InChI=1S/C19H32O2.2C16H26O4.C15H19NO4.C13H20O4.2C6H12O2/c1-6-17(2,3)16(20)21-18(4,5)19-10-13-7-14(11-19)9-15(8-13)12-19;2*1-4-13(2,3)12(17)20-16-7-11-5-14(18,9-16)8-15(19,6-11)10-16;1-4-14(2,3)12(17)19-10-8-5-9-11(10)20-13(18)15(9,6-8)7-16;1-4-13(2,3)12(15)17-10-8-6-5-7-9(8)16-11(10)14;2*1-4-6(2,3)5(7)8/h13-15H,6-12H2,1-5H3;2*11,18-19H,4-10H2,1-3H3;8-11H,4-6H2,1-3H3;8-10H,4-7H2,1-3H3;2*4H2,1-3H3,(H,7,8)/t;;;;8-,9+,10-;;/m....0../s1. The van der Waals surface area contributed by atoms with Crippen molar-refractivity contribution in [1.29, 1.82) is 5.26 Å². The van der Waals surface area contributed by atoms with Gasteiger partial charge in [-0.15, -0.1) is 0 Å². The van der Waals surface area contributed by atoms with Gasteiger partial charge in [-0.2, -0.15) is 5.26 Å². The van der Waals surface area contributed by atoms with E-state index < -0.39 is 102 Å². The first-order valence-electron chi connectivity index (χ1n) is 43.5. The van der Waals surface area contributed by atoms with E-state index in [-0.39, 0.29) is 94.0 Å². The fraction of sp³-hybridized carbons (Fsp3) is 0.890. The Bertz CT molecular complexity index is 3410. The van der Waals surface area contributed by atoms with E-state index in [0.29, 0.717) is 70.6 Å². The van der Waals surface area contributed by atoms with Crippen molar-refractivity contribution in [3.05, 3.63) is 0 Å². The molecule has 2 heterocycles. The molecule has 15 aliphatic carbocycles. The highest BCUT2D eigenvalue weighted by molar-refractivity contribution is 5.85. The van der Waals surface area contributed by atoms with E-state index in [4.69, 9.17) is 43.4 Å². The summed E-state index contributed by atoms with van der Waals surface area (Å²) in [5.74, 6) is 0.115. The number of nitriles is 1. The summed E-state index contributed by atoms with van der Waals surface area (Å²) in [6.07, 6.45) is 23.2. The summed E-state index contributed by atoms with van der Waals surface area (Å²) in [6.45, 7) is 43.8. The van der Waals surface area contributed by atoms with Crippen molar-refractivity contribution < 1.29 is 107 Å². The molecule has 0 spiro atoms. The minimum Gasteiger partial charge on any atom is -0.481 e. The predicted octanol–water partition coefficient (Wildman–Crippen LogP) is 16.2. The first-order chi connectivity index (χ1) is 52.2. The maximum atomic E-state index is 12.6. The molecule has 2 saturated heterocycles. The second-order valence-electron chi connectivity index (χ2n) is 43.5. The Morgan fingerprint density at radius 3 is 1.14 bits per heavy atom. The van der Waals surface area contributed by atoms with E-state index in [1.807, 2.05) is 111 Å². The topological polar surface area (TPSA) is 363 Å². The summed E-state index contributed by atoms with van der Waals surface area (Å²) in [4.78, 5) is 106. The van der Waals surface area contributed by atoms with E-state index in [2.05, 4.69) is 26.8 Å². The summed E-state index contributed by atoms with van der Waals surface area (Å²) >= 11 is 0. The van der Waals surface area contributed by atoms with Crippen molar-refractivity contribution in [1.82, 2.24) is 0 Å². The summed E-state index contributed by atoms with van der Waals surface area (Å²) in [5, 5.41) is 68.8. The molecule has 0 radical (unpaired) electrons. The minimum atomic E-state index is -0.974. The molecule has 14 bridgehead atoms. The summed E-state index contributed by atoms with van der Waals surface area (Å²) in [7, 11) is 0. The number of hydrogen-bond donors (Lipinski definition) is 6. The largest absolute Gasteiger partial charge is 0.481 e. The lowest BCUT2D eigenvalue weighted by Crippen LogP contribution is -2.67. The number of aliphatic carboxylic acids is 2. The molecular formula is C91H147NO22. The van der Waals surface area contributed by atoms with Gasteiger partial charge in [0.1, 0.15) is 35.1 Å². The Morgan fingerprint density at radius 1 is 0.439 bits per heavy atom. The van der Waals surface area contributed by atoms with Gasteiger partial charge in [0, 0.05) is 61.7 Å². The van der Waals surface area contributed by atoms with Gasteiger partial charge in [-0.25, -0.2) is 4.79 Å². The van der Waals surface area contributed by atoms with Crippen molar-refractivity contribution in [3.63, 3.8) is 0 Å². The van der Waals surface area contributed by atoms with Crippen LogP contribution in [0.4, 0.5) is 0 Å². The van der Waals surface area contributed by atoms with Crippen molar-refractivity contribution in [3.8, 4) is 6.07 Å². The second kappa shape index (κ2) is 33.3. The van der Waals surface area contributed by atoms with E-state index in [0.717, 1.165) is 101 Å². The van der Waals surface area contributed by atoms with Gasteiger partial charge in [0.15, 0.2) is 5.41 Å². The van der Waals surface area contributed by atoms with E-state index >= 15 is 0 Å². The zero-order valence-corrected chi connectivity index (χ0v) is 73.8. The predicted molar refractivity (Wildman–Crippen MR) is 426 cm³/mol. The molecule has 6 N–H and O–H groups in total. The average molecular weight is 1610 g/mol. The highest BCUT2D eigenvalue weighted by atomic mass is 16.6. The van der Waals surface area contributed by atoms with Gasteiger partial charge in [-0.1, -0.05) is 48.5 Å². The summed E-state index contributed by atoms with van der Waals surface area (Å²) < 4.78 is 39.5. The number of fused-ring (bicyclic) bond motifs is 2. The number of hydrogen-bond acceptors (Lipinski definition) is 21. The van der Waals surface area contributed by atoms with Crippen LogP contribution in [0.25, 0.3) is 0 Å². The molecule has 0 aromatic carbocycles. The number of carboxylic acids is 2.